The van der Waals surface area contributed by atoms with Gasteiger partial charge in [-0.2, -0.15) is 4.40 Å². The Morgan fingerprint density at radius 1 is 1.10 bits per heavy atom. The van der Waals surface area contributed by atoms with Gasteiger partial charge >= 0.3 is 5.56 Å². The number of aryl methyl sites for hydroxylation is 1. The Kier molecular flexibility index (Phi) is 3.94. The van der Waals surface area contributed by atoms with Crippen molar-refractivity contribution in [3.63, 3.8) is 0 Å². The third kappa shape index (κ3) is 2.87. The van der Waals surface area contributed by atoms with Gasteiger partial charge in [0.2, 0.25) is 0 Å². The highest BCUT2D eigenvalue weighted by molar-refractivity contribution is 5.95. The van der Waals surface area contributed by atoms with Gasteiger partial charge in [-0.05, 0) is 24.3 Å². The summed E-state index contributed by atoms with van der Waals surface area (Å²) in [4.78, 5) is 21.5. The number of rotatable bonds is 3. The van der Waals surface area contributed by atoms with Crippen LogP contribution in [-0.2, 0) is 13.6 Å². The van der Waals surface area contributed by atoms with Crippen LogP contribution in [0.3, 0.4) is 0 Å². The average Bonchev–Trinajstić information content (AvgIpc) is 3.06. The highest BCUT2D eigenvalue weighted by Gasteiger charge is 2.20. The lowest BCUT2D eigenvalue weighted by molar-refractivity contribution is -0.665. The van der Waals surface area contributed by atoms with Crippen LogP contribution in [0.4, 0.5) is 4.39 Å². The molecule has 0 aliphatic heterocycles. The van der Waals surface area contributed by atoms with Crippen molar-refractivity contribution in [1.29, 1.82) is 0 Å². The molecule has 7 heteroatoms. The predicted molar refractivity (Wildman–Crippen MR) is 107 cm³/mol. The fourth-order valence-corrected chi connectivity index (χ4v) is 3.74. The lowest BCUT2D eigenvalue weighted by Crippen LogP contribution is -2.40. The first-order valence-electron chi connectivity index (χ1n) is 9.14. The van der Waals surface area contributed by atoms with Gasteiger partial charge in [0.1, 0.15) is 30.4 Å². The van der Waals surface area contributed by atoms with E-state index in [0.717, 1.165) is 27.7 Å². The van der Waals surface area contributed by atoms with Gasteiger partial charge in [0.05, 0.1) is 11.7 Å². The Labute approximate surface area is 165 Å². The normalized spacial score (nSPS) is 11.4. The van der Waals surface area contributed by atoms with E-state index in [4.69, 9.17) is 0 Å². The molecule has 0 aliphatic rings. The molecule has 4 heterocycles. The van der Waals surface area contributed by atoms with Gasteiger partial charge < -0.3 is 4.57 Å². The largest absolute Gasteiger partial charge is 0.350 e. The molecule has 5 aromatic rings. The number of fused-ring (bicyclic) bond motifs is 2. The van der Waals surface area contributed by atoms with Gasteiger partial charge in [-0.15, -0.1) is 0 Å². The summed E-state index contributed by atoms with van der Waals surface area (Å²) in [6.07, 6.45) is 10.5. The first-order valence-corrected chi connectivity index (χ1v) is 9.14. The minimum atomic E-state index is -0.306. The number of hydrogen-bond donors (Lipinski definition) is 0. The van der Waals surface area contributed by atoms with Crippen molar-refractivity contribution in [2.24, 2.45) is 7.05 Å². The van der Waals surface area contributed by atoms with E-state index in [1.54, 1.807) is 29.1 Å². The SMILES string of the molecule is Cn1cc(-c2c[n+](Cc3cncnc3)c3ccccn3c2=O)c2ccc(F)cc21. The molecule has 0 amide bonds. The maximum absolute atomic E-state index is 13.7. The van der Waals surface area contributed by atoms with E-state index in [2.05, 4.69) is 9.97 Å². The van der Waals surface area contributed by atoms with Gasteiger partial charge in [0.25, 0.3) is 5.65 Å². The first-order chi connectivity index (χ1) is 14.1. The van der Waals surface area contributed by atoms with Gasteiger partial charge in [-0.3, -0.25) is 0 Å². The summed E-state index contributed by atoms with van der Waals surface area (Å²) < 4.78 is 19.2. The summed E-state index contributed by atoms with van der Waals surface area (Å²) >= 11 is 0. The Bertz CT molecular complexity index is 1420. The molecule has 0 unspecified atom stereocenters. The summed E-state index contributed by atoms with van der Waals surface area (Å²) in [7, 11) is 1.85. The molecule has 0 radical (unpaired) electrons. The summed E-state index contributed by atoms with van der Waals surface area (Å²) in [5.74, 6) is -0.306. The van der Waals surface area contributed by atoms with E-state index in [-0.39, 0.29) is 11.4 Å². The van der Waals surface area contributed by atoms with Crippen molar-refractivity contribution in [3.8, 4) is 11.1 Å². The Hall–Kier alpha value is -3.87. The van der Waals surface area contributed by atoms with Gasteiger partial charge in [0.15, 0.2) is 0 Å². The van der Waals surface area contributed by atoms with E-state index in [1.807, 2.05) is 46.8 Å². The van der Waals surface area contributed by atoms with Crippen molar-refractivity contribution >= 4 is 16.6 Å². The second-order valence-corrected chi connectivity index (χ2v) is 6.97. The molecule has 0 fully saturated rings. The second-order valence-electron chi connectivity index (χ2n) is 6.97. The van der Waals surface area contributed by atoms with E-state index in [1.165, 1.54) is 18.5 Å². The number of hydrogen-bond acceptors (Lipinski definition) is 3. The molecule has 0 saturated heterocycles. The number of nitrogens with zero attached hydrogens (tertiary/aromatic N) is 5. The lowest BCUT2D eigenvalue weighted by atomic mass is 10.1. The van der Waals surface area contributed by atoms with Crippen molar-refractivity contribution in [3.05, 3.63) is 95.4 Å². The Balaban J connectivity index is 1.79. The topological polar surface area (TPSA) is 56.1 Å². The summed E-state index contributed by atoms with van der Waals surface area (Å²) in [6.45, 7) is 0.515. The molecule has 5 rings (SSSR count). The van der Waals surface area contributed by atoms with Crippen LogP contribution in [0.5, 0.6) is 0 Å². The maximum Gasteiger partial charge on any atom is 0.350 e. The van der Waals surface area contributed by atoms with Crippen molar-refractivity contribution in [2.75, 3.05) is 0 Å². The summed E-state index contributed by atoms with van der Waals surface area (Å²) in [5, 5.41) is 0.830. The van der Waals surface area contributed by atoms with Crippen LogP contribution in [0.1, 0.15) is 5.56 Å². The van der Waals surface area contributed by atoms with Crippen LogP contribution in [0.15, 0.2) is 78.5 Å². The number of aromatic nitrogens is 5. The molecule has 6 nitrogen and oxygen atoms in total. The average molecular weight is 386 g/mol. The molecule has 4 aromatic heterocycles. The van der Waals surface area contributed by atoms with Gasteiger partial charge in [-0.1, -0.05) is 6.07 Å². The first kappa shape index (κ1) is 17.2. The number of benzene rings is 1. The van der Waals surface area contributed by atoms with E-state index in [9.17, 15) is 9.18 Å². The highest BCUT2D eigenvalue weighted by atomic mass is 19.1. The summed E-state index contributed by atoms with van der Waals surface area (Å²) in [5.41, 5.74) is 3.61. The van der Waals surface area contributed by atoms with Crippen molar-refractivity contribution in [2.45, 2.75) is 6.54 Å². The second kappa shape index (κ2) is 6.63. The smallest absolute Gasteiger partial charge is 0.350 e. The third-order valence-electron chi connectivity index (χ3n) is 5.08. The molecule has 0 spiro atoms. The molecule has 0 N–H and O–H groups in total. The third-order valence-corrected chi connectivity index (χ3v) is 5.08. The van der Waals surface area contributed by atoms with E-state index < -0.39 is 0 Å². The maximum atomic E-state index is 13.7. The van der Waals surface area contributed by atoms with Crippen LogP contribution < -0.4 is 10.1 Å². The quantitative estimate of drug-likeness (QED) is 0.448. The van der Waals surface area contributed by atoms with Gasteiger partial charge in [-0.25, -0.2) is 23.7 Å². The minimum Gasteiger partial charge on any atom is -0.350 e. The molecular formula is C22H17FN5O+. The predicted octanol–water partition coefficient (Wildman–Crippen LogP) is 2.72. The monoisotopic (exact) mass is 386 g/mol. The molecule has 0 atom stereocenters. The standard InChI is InChI=1S/C22H17FN5O/c1-26-12-18(17-6-5-16(23)8-20(17)26)19-13-27(11-15-9-24-14-25-10-15)21-4-2-3-7-28(21)22(19)29/h2-10,12-14H,11H2,1H3/q+1. The Morgan fingerprint density at radius 3 is 2.76 bits per heavy atom. The molecule has 29 heavy (non-hydrogen) atoms. The summed E-state index contributed by atoms with van der Waals surface area (Å²) in [6, 6.07) is 10.2. The molecule has 0 bridgehead atoms. The zero-order valence-electron chi connectivity index (χ0n) is 15.7. The fourth-order valence-electron chi connectivity index (χ4n) is 3.74. The van der Waals surface area contributed by atoms with E-state index in [0.29, 0.717) is 12.1 Å². The minimum absolute atomic E-state index is 0.127. The number of pyridine rings is 1. The molecular weight excluding hydrogens is 369 g/mol. The number of halogens is 1. The van der Waals surface area contributed by atoms with E-state index >= 15 is 0 Å². The molecule has 142 valence electrons. The van der Waals surface area contributed by atoms with Gasteiger partial charge in [0, 0.05) is 48.2 Å². The Morgan fingerprint density at radius 2 is 1.93 bits per heavy atom. The van der Waals surface area contributed by atoms with Crippen LogP contribution in [0.2, 0.25) is 0 Å². The highest BCUT2D eigenvalue weighted by Crippen LogP contribution is 2.28. The zero-order chi connectivity index (χ0) is 20.0. The molecule has 0 aliphatic carbocycles. The van der Waals surface area contributed by atoms with Crippen LogP contribution in [-0.4, -0.2) is 18.9 Å². The zero-order valence-corrected chi connectivity index (χ0v) is 15.7. The van der Waals surface area contributed by atoms with Crippen LogP contribution in [0.25, 0.3) is 27.7 Å². The van der Waals surface area contributed by atoms with Crippen molar-refractivity contribution in [1.82, 2.24) is 18.9 Å². The van der Waals surface area contributed by atoms with Crippen LogP contribution >= 0.6 is 0 Å². The molecule has 0 saturated carbocycles. The molecule has 1 aromatic carbocycles. The van der Waals surface area contributed by atoms with Crippen molar-refractivity contribution < 1.29 is 8.96 Å². The fraction of sp³-hybridized carbons (Fsp3) is 0.0909. The van der Waals surface area contributed by atoms with Crippen LogP contribution in [0, 0.1) is 5.82 Å². The lowest BCUT2D eigenvalue weighted by Gasteiger charge is -2.06.